The SMILES string of the molecule is CCOc1cc(/C=C(/C#N)C(=O)N[C@H](C)c2ccccc2)cc(Br)c1OCC(=O)Nc1ccc(F)cc1. The Morgan fingerprint density at radius 2 is 1.81 bits per heavy atom. The molecule has 37 heavy (non-hydrogen) atoms. The van der Waals surface area contributed by atoms with Gasteiger partial charge in [-0.3, -0.25) is 9.59 Å². The van der Waals surface area contributed by atoms with Gasteiger partial charge in [0.1, 0.15) is 17.5 Å². The van der Waals surface area contributed by atoms with E-state index in [9.17, 15) is 19.2 Å². The first kappa shape index (κ1) is 27.4. The zero-order valence-corrected chi connectivity index (χ0v) is 21.8. The van der Waals surface area contributed by atoms with Crippen molar-refractivity contribution >= 4 is 39.5 Å². The van der Waals surface area contributed by atoms with Gasteiger partial charge in [0.2, 0.25) is 0 Å². The number of nitriles is 1. The minimum absolute atomic E-state index is 0.0792. The highest BCUT2D eigenvalue weighted by molar-refractivity contribution is 9.10. The van der Waals surface area contributed by atoms with Gasteiger partial charge in [0, 0.05) is 5.69 Å². The molecule has 3 aromatic rings. The number of halogens is 2. The van der Waals surface area contributed by atoms with E-state index in [1.807, 2.05) is 43.3 Å². The van der Waals surface area contributed by atoms with Crippen molar-refractivity contribution in [2.75, 3.05) is 18.5 Å². The summed E-state index contributed by atoms with van der Waals surface area (Å²) in [7, 11) is 0. The number of benzene rings is 3. The molecule has 0 bridgehead atoms. The number of anilines is 1. The van der Waals surface area contributed by atoms with Crippen LogP contribution in [0.4, 0.5) is 10.1 Å². The number of nitrogens with zero attached hydrogens (tertiary/aromatic N) is 1. The lowest BCUT2D eigenvalue weighted by molar-refractivity contribution is -0.118. The molecule has 0 unspecified atom stereocenters. The number of nitrogens with one attached hydrogen (secondary N) is 2. The van der Waals surface area contributed by atoms with E-state index in [-0.39, 0.29) is 24.0 Å². The monoisotopic (exact) mass is 565 g/mol. The smallest absolute Gasteiger partial charge is 0.262 e. The van der Waals surface area contributed by atoms with Crippen LogP contribution in [0.15, 0.2) is 76.8 Å². The number of rotatable bonds is 10. The molecule has 0 aliphatic heterocycles. The molecule has 0 aliphatic carbocycles. The van der Waals surface area contributed by atoms with E-state index < -0.39 is 17.6 Å². The molecular formula is C28H25BrFN3O4. The molecule has 0 saturated carbocycles. The van der Waals surface area contributed by atoms with Gasteiger partial charge in [-0.05, 0) is 83.4 Å². The summed E-state index contributed by atoms with van der Waals surface area (Å²) in [6.45, 7) is 3.62. The second-order valence-electron chi connectivity index (χ2n) is 7.88. The van der Waals surface area contributed by atoms with Gasteiger partial charge >= 0.3 is 0 Å². The summed E-state index contributed by atoms with van der Waals surface area (Å²) in [5.41, 5.74) is 1.80. The third-order valence-electron chi connectivity index (χ3n) is 5.13. The van der Waals surface area contributed by atoms with Crippen LogP contribution < -0.4 is 20.1 Å². The molecule has 0 heterocycles. The summed E-state index contributed by atoms with van der Waals surface area (Å²) in [6, 6.07) is 19.7. The van der Waals surface area contributed by atoms with Gasteiger partial charge in [0.25, 0.3) is 11.8 Å². The second kappa shape index (κ2) is 13.2. The van der Waals surface area contributed by atoms with E-state index in [4.69, 9.17) is 9.47 Å². The van der Waals surface area contributed by atoms with E-state index >= 15 is 0 Å². The van der Waals surface area contributed by atoms with E-state index in [0.717, 1.165) is 5.56 Å². The molecule has 0 saturated heterocycles. The van der Waals surface area contributed by atoms with Crippen molar-refractivity contribution < 1.29 is 23.5 Å². The molecule has 190 valence electrons. The first-order valence-corrected chi connectivity index (χ1v) is 12.2. The Morgan fingerprint density at radius 1 is 1.11 bits per heavy atom. The van der Waals surface area contributed by atoms with Gasteiger partial charge in [0.05, 0.1) is 17.1 Å². The third-order valence-corrected chi connectivity index (χ3v) is 5.72. The summed E-state index contributed by atoms with van der Waals surface area (Å²) < 4.78 is 24.9. The van der Waals surface area contributed by atoms with Gasteiger partial charge in [-0.1, -0.05) is 30.3 Å². The van der Waals surface area contributed by atoms with Crippen molar-refractivity contribution in [1.29, 1.82) is 5.26 Å². The summed E-state index contributed by atoms with van der Waals surface area (Å²) in [5.74, 6) is -0.745. The fourth-order valence-corrected chi connectivity index (χ4v) is 3.93. The maximum Gasteiger partial charge on any atom is 0.262 e. The summed E-state index contributed by atoms with van der Waals surface area (Å²) in [6.07, 6.45) is 1.45. The zero-order valence-electron chi connectivity index (χ0n) is 20.3. The summed E-state index contributed by atoms with van der Waals surface area (Å²) >= 11 is 3.42. The predicted molar refractivity (Wildman–Crippen MR) is 142 cm³/mol. The van der Waals surface area contributed by atoms with E-state index in [1.54, 1.807) is 19.1 Å². The van der Waals surface area contributed by atoms with Gasteiger partial charge in [-0.2, -0.15) is 5.26 Å². The third kappa shape index (κ3) is 7.92. The van der Waals surface area contributed by atoms with Gasteiger partial charge < -0.3 is 20.1 Å². The van der Waals surface area contributed by atoms with Crippen LogP contribution in [-0.4, -0.2) is 25.0 Å². The Kier molecular flexibility index (Phi) is 9.81. The molecule has 2 N–H and O–H groups in total. The zero-order chi connectivity index (χ0) is 26.8. The first-order valence-electron chi connectivity index (χ1n) is 11.4. The quantitative estimate of drug-likeness (QED) is 0.239. The van der Waals surface area contributed by atoms with Crippen molar-refractivity contribution in [3.05, 3.63) is 93.7 Å². The highest BCUT2D eigenvalue weighted by Crippen LogP contribution is 2.37. The average Bonchev–Trinajstić information content (AvgIpc) is 2.88. The standard InChI is InChI=1S/C28H25BrFN3O4/c1-3-36-25-15-19(13-21(16-31)28(35)32-18(2)20-7-5-4-6-8-20)14-24(29)27(25)37-17-26(34)33-23-11-9-22(30)10-12-23/h4-15,18H,3,17H2,1-2H3,(H,32,35)(H,33,34)/b21-13-/t18-/m1/s1. The van der Waals surface area contributed by atoms with Gasteiger partial charge in [0.15, 0.2) is 18.1 Å². The number of ether oxygens (including phenoxy) is 2. The second-order valence-corrected chi connectivity index (χ2v) is 8.74. The fraction of sp³-hybridized carbons (Fsp3) is 0.179. The van der Waals surface area contributed by atoms with E-state index in [2.05, 4.69) is 26.6 Å². The van der Waals surface area contributed by atoms with Crippen molar-refractivity contribution in [3.8, 4) is 17.6 Å². The fourth-order valence-electron chi connectivity index (χ4n) is 3.36. The molecule has 0 fully saturated rings. The highest BCUT2D eigenvalue weighted by Gasteiger charge is 2.17. The molecule has 9 heteroatoms. The predicted octanol–water partition coefficient (Wildman–Crippen LogP) is 5.79. The number of carbonyl (C=O) groups excluding carboxylic acids is 2. The average molecular weight is 566 g/mol. The van der Waals surface area contributed by atoms with Crippen molar-refractivity contribution in [2.45, 2.75) is 19.9 Å². The Bertz CT molecular complexity index is 1320. The van der Waals surface area contributed by atoms with Crippen LogP contribution >= 0.6 is 15.9 Å². The molecule has 3 aromatic carbocycles. The first-order chi connectivity index (χ1) is 17.8. The van der Waals surface area contributed by atoms with Crippen LogP contribution in [0.2, 0.25) is 0 Å². The molecule has 1 atom stereocenters. The molecule has 0 radical (unpaired) electrons. The van der Waals surface area contributed by atoms with Gasteiger partial charge in [-0.25, -0.2) is 4.39 Å². The molecule has 3 rings (SSSR count). The normalized spacial score (nSPS) is 11.7. The van der Waals surface area contributed by atoms with Crippen LogP contribution in [0.25, 0.3) is 6.08 Å². The van der Waals surface area contributed by atoms with Crippen LogP contribution in [0.5, 0.6) is 11.5 Å². The van der Waals surface area contributed by atoms with Crippen molar-refractivity contribution in [2.24, 2.45) is 0 Å². The molecule has 7 nitrogen and oxygen atoms in total. The Balaban J connectivity index is 1.74. The molecule has 0 spiro atoms. The van der Waals surface area contributed by atoms with Crippen LogP contribution in [-0.2, 0) is 9.59 Å². The number of hydrogen-bond donors (Lipinski definition) is 2. The number of carbonyl (C=O) groups is 2. The minimum Gasteiger partial charge on any atom is -0.490 e. The van der Waals surface area contributed by atoms with Crippen LogP contribution in [0.3, 0.4) is 0 Å². The van der Waals surface area contributed by atoms with Crippen LogP contribution in [0.1, 0.15) is 31.0 Å². The Labute approximate surface area is 223 Å². The summed E-state index contributed by atoms with van der Waals surface area (Å²) in [4.78, 5) is 25.0. The Morgan fingerprint density at radius 3 is 2.46 bits per heavy atom. The maximum absolute atomic E-state index is 13.1. The molecule has 2 amide bonds. The lowest BCUT2D eigenvalue weighted by Gasteiger charge is -2.15. The lowest BCUT2D eigenvalue weighted by Crippen LogP contribution is -2.27. The number of amides is 2. The lowest BCUT2D eigenvalue weighted by atomic mass is 10.1. The largest absolute Gasteiger partial charge is 0.490 e. The van der Waals surface area contributed by atoms with Crippen LogP contribution in [0, 0.1) is 17.1 Å². The Hall–Kier alpha value is -4.16. The molecular weight excluding hydrogens is 541 g/mol. The maximum atomic E-state index is 13.1. The van der Waals surface area contributed by atoms with Crippen molar-refractivity contribution in [3.63, 3.8) is 0 Å². The van der Waals surface area contributed by atoms with Crippen molar-refractivity contribution in [1.82, 2.24) is 5.32 Å². The molecule has 0 aliphatic rings. The molecule has 0 aromatic heterocycles. The van der Waals surface area contributed by atoms with E-state index in [0.29, 0.717) is 28.1 Å². The summed E-state index contributed by atoms with van der Waals surface area (Å²) in [5, 5.41) is 15.1. The van der Waals surface area contributed by atoms with Gasteiger partial charge in [-0.15, -0.1) is 0 Å². The minimum atomic E-state index is -0.509. The highest BCUT2D eigenvalue weighted by atomic mass is 79.9. The van der Waals surface area contributed by atoms with E-state index in [1.165, 1.54) is 30.3 Å². The topological polar surface area (TPSA) is 100 Å². The number of hydrogen-bond acceptors (Lipinski definition) is 5.